The van der Waals surface area contributed by atoms with Crippen molar-refractivity contribution in [1.82, 2.24) is 10.2 Å². The lowest BCUT2D eigenvalue weighted by atomic mass is 9.83. The lowest BCUT2D eigenvalue weighted by Crippen LogP contribution is -2.59. The van der Waals surface area contributed by atoms with Crippen molar-refractivity contribution < 1.29 is 9.84 Å². The molecule has 2 fully saturated rings. The average Bonchev–Trinajstić information content (AvgIpc) is 2.15. The summed E-state index contributed by atoms with van der Waals surface area (Å²) in [7, 11) is 1.74. The summed E-state index contributed by atoms with van der Waals surface area (Å²) in [5, 5.41) is 13.3. The van der Waals surface area contributed by atoms with E-state index in [0.717, 1.165) is 39.3 Å². The summed E-state index contributed by atoms with van der Waals surface area (Å²) in [5.41, 5.74) is 0. The van der Waals surface area contributed by atoms with Crippen molar-refractivity contribution in [2.45, 2.75) is 6.10 Å². The second kappa shape index (κ2) is 4.57. The maximum absolute atomic E-state index is 9.93. The van der Waals surface area contributed by atoms with E-state index >= 15 is 0 Å². The number of piperidine rings is 2. The van der Waals surface area contributed by atoms with Gasteiger partial charge in [-0.15, -0.1) is 0 Å². The zero-order valence-electron chi connectivity index (χ0n) is 8.78. The predicted molar refractivity (Wildman–Crippen MR) is 54.2 cm³/mol. The van der Waals surface area contributed by atoms with Crippen molar-refractivity contribution in [2.24, 2.45) is 11.8 Å². The number of nitrogens with zero attached hydrogens (tertiary/aromatic N) is 1. The molecule has 0 radical (unpaired) electrons. The monoisotopic (exact) mass is 200 g/mol. The highest BCUT2D eigenvalue weighted by molar-refractivity contribution is 4.92. The number of nitrogens with one attached hydrogen (secondary N) is 1. The highest BCUT2D eigenvalue weighted by atomic mass is 16.5. The van der Waals surface area contributed by atoms with Gasteiger partial charge in [0.05, 0.1) is 12.7 Å². The molecule has 2 rings (SSSR count). The van der Waals surface area contributed by atoms with Gasteiger partial charge in [-0.3, -0.25) is 0 Å². The van der Waals surface area contributed by atoms with Crippen LogP contribution >= 0.6 is 0 Å². The minimum atomic E-state index is -0.0879. The first kappa shape index (κ1) is 10.4. The molecule has 0 amide bonds. The van der Waals surface area contributed by atoms with Gasteiger partial charge in [0, 0.05) is 51.7 Å². The molecule has 2 heterocycles. The van der Waals surface area contributed by atoms with Gasteiger partial charge in [-0.25, -0.2) is 0 Å². The molecule has 14 heavy (non-hydrogen) atoms. The molecule has 0 aromatic rings. The maximum Gasteiger partial charge on any atom is 0.0645 e. The molecular formula is C10H20N2O2. The van der Waals surface area contributed by atoms with E-state index in [1.54, 1.807) is 7.11 Å². The molecule has 0 aromatic heterocycles. The average molecular weight is 200 g/mol. The third-order valence-corrected chi connectivity index (χ3v) is 3.38. The molecule has 2 aliphatic heterocycles. The van der Waals surface area contributed by atoms with Crippen LogP contribution in [0.1, 0.15) is 0 Å². The Morgan fingerprint density at radius 3 is 2.57 bits per heavy atom. The third-order valence-electron chi connectivity index (χ3n) is 3.38. The van der Waals surface area contributed by atoms with E-state index in [2.05, 4.69) is 10.2 Å². The van der Waals surface area contributed by atoms with E-state index in [9.17, 15) is 5.11 Å². The molecule has 2 saturated heterocycles. The van der Waals surface area contributed by atoms with E-state index in [1.807, 2.05) is 0 Å². The van der Waals surface area contributed by atoms with Crippen LogP contribution < -0.4 is 5.32 Å². The fourth-order valence-electron chi connectivity index (χ4n) is 2.57. The first-order valence-corrected chi connectivity index (χ1v) is 5.41. The van der Waals surface area contributed by atoms with Gasteiger partial charge >= 0.3 is 0 Å². The first-order valence-electron chi connectivity index (χ1n) is 5.41. The number of methoxy groups -OCH3 is 1. The summed E-state index contributed by atoms with van der Waals surface area (Å²) in [6.07, 6.45) is -0.0879. The lowest BCUT2D eigenvalue weighted by molar-refractivity contribution is -0.0443. The first-order chi connectivity index (χ1) is 6.81. The number of aliphatic hydroxyl groups excluding tert-OH is 1. The molecule has 0 saturated carbocycles. The smallest absolute Gasteiger partial charge is 0.0645 e. The summed E-state index contributed by atoms with van der Waals surface area (Å²) >= 11 is 0. The van der Waals surface area contributed by atoms with Crippen LogP contribution in [0.15, 0.2) is 0 Å². The number of fused-ring (bicyclic) bond motifs is 2. The Hall–Kier alpha value is -0.160. The molecule has 0 aliphatic carbocycles. The van der Waals surface area contributed by atoms with E-state index in [4.69, 9.17) is 4.74 Å². The second-order valence-corrected chi connectivity index (χ2v) is 4.42. The summed E-state index contributed by atoms with van der Waals surface area (Å²) in [4.78, 5) is 2.41. The van der Waals surface area contributed by atoms with Crippen LogP contribution in [0.4, 0.5) is 0 Å². The van der Waals surface area contributed by atoms with Crippen molar-refractivity contribution >= 4 is 0 Å². The van der Waals surface area contributed by atoms with Crippen LogP contribution in [-0.2, 0) is 4.74 Å². The van der Waals surface area contributed by atoms with Gasteiger partial charge in [-0.2, -0.15) is 0 Å². The Labute approximate surface area is 85.2 Å². The van der Waals surface area contributed by atoms with Crippen LogP contribution in [0.2, 0.25) is 0 Å². The molecule has 2 atom stereocenters. The fourth-order valence-corrected chi connectivity index (χ4v) is 2.57. The molecule has 4 heteroatoms. The Morgan fingerprint density at radius 2 is 2.00 bits per heavy atom. The number of ether oxygens (including phenoxy) is 1. The Bertz CT molecular complexity index is 175. The van der Waals surface area contributed by atoms with Crippen LogP contribution in [0.25, 0.3) is 0 Å². The van der Waals surface area contributed by atoms with Crippen LogP contribution in [-0.4, -0.2) is 62.6 Å². The van der Waals surface area contributed by atoms with E-state index in [-0.39, 0.29) is 6.10 Å². The van der Waals surface area contributed by atoms with Gasteiger partial charge in [0.1, 0.15) is 0 Å². The van der Waals surface area contributed by atoms with E-state index in [1.165, 1.54) is 0 Å². The molecule has 2 unspecified atom stereocenters. The predicted octanol–water partition coefficient (Wildman–Crippen LogP) is -0.855. The van der Waals surface area contributed by atoms with Crippen molar-refractivity contribution in [3.05, 3.63) is 0 Å². The number of hydrogen-bond acceptors (Lipinski definition) is 4. The zero-order valence-corrected chi connectivity index (χ0v) is 8.78. The summed E-state index contributed by atoms with van der Waals surface area (Å²) < 4.78 is 5.07. The van der Waals surface area contributed by atoms with E-state index in [0.29, 0.717) is 11.8 Å². The number of hydrogen-bond donors (Lipinski definition) is 2. The molecular weight excluding hydrogens is 180 g/mol. The van der Waals surface area contributed by atoms with Crippen LogP contribution in [0.5, 0.6) is 0 Å². The quantitative estimate of drug-likeness (QED) is 0.622. The standard InChI is InChI=1S/C10H20N2O2/c1-14-3-2-12-6-8-4-11-5-9(7-12)10(8)13/h8-11,13H,2-7H2,1H3. The molecule has 2 N–H and O–H groups in total. The Morgan fingerprint density at radius 1 is 1.36 bits per heavy atom. The molecule has 2 bridgehead atoms. The van der Waals surface area contributed by atoms with Crippen LogP contribution in [0.3, 0.4) is 0 Å². The second-order valence-electron chi connectivity index (χ2n) is 4.42. The third kappa shape index (κ3) is 2.08. The Balaban J connectivity index is 1.87. The highest BCUT2D eigenvalue weighted by Crippen LogP contribution is 2.24. The van der Waals surface area contributed by atoms with Crippen molar-refractivity contribution in [2.75, 3.05) is 46.4 Å². The maximum atomic E-state index is 9.93. The topological polar surface area (TPSA) is 44.7 Å². The minimum Gasteiger partial charge on any atom is -0.392 e. The van der Waals surface area contributed by atoms with Gasteiger partial charge in [0.15, 0.2) is 0 Å². The van der Waals surface area contributed by atoms with Gasteiger partial charge in [-0.1, -0.05) is 0 Å². The molecule has 4 nitrogen and oxygen atoms in total. The Kier molecular flexibility index (Phi) is 3.38. The van der Waals surface area contributed by atoms with Gasteiger partial charge in [0.2, 0.25) is 0 Å². The lowest BCUT2D eigenvalue weighted by Gasteiger charge is -2.45. The van der Waals surface area contributed by atoms with Gasteiger partial charge < -0.3 is 20.1 Å². The normalized spacial score (nSPS) is 38.6. The molecule has 0 aromatic carbocycles. The summed E-state index contributed by atoms with van der Waals surface area (Å²) in [6, 6.07) is 0. The van der Waals surface area contributed by atoms with Gasteiger partial charge in [0.25, 0.3) is 0 Å². The zero-order chi connectivity index (χ0) is 9.97. The van der Waals surface area contributed by atoms with Crippen molar-refractivity contribution in [1.29, 1.82) is 0 Å². The molecule has 82 valence electrons. The van der Waals surface area contributed by atoms with Crippen LogP contribution in [0, 0.1) is 11.8 Å². The highest BCUT2D eigenvalue weighted by Gasteiger charge is 2.37. The minimum absolute atomic E-state index is 0.0879. The number of likely N-dealkylation sites (tertiary alicyclic amines) is 1. The largest absolute Gasteiger partial charge is 0.392 e. The number of rotatable bonds is 3. The summed E-state index contributed by atoms with van der Waals surface area (Å²) in [5.74, 6) is 0.832. The summed E-state index contributed by atoms with van der Waals surface area (Å²) in [6.45, 7) is 5.73. The van der Waals surface area contributed by atoms with Crippen molar-refractivity contribution in [3.63, 3.8) is 0 Å². The van der Waals surface area contributed by atoms with Crippen molar-refractivity contribution in [3.8, 4) is 0 Å². The number of aliphatic hydroxyl groups is 1. The van der Waals surface area contributed by atoms with Gasteiger partial charge in [-0.05, 0) is 0 Å². The molecule has 0 spiro atoms. The fraction of sp³-hybridized carbons (Fsp3) is 1.00. The SMILES string of the molecule is COCCN1CC2CNCC(C1)C2O. The van der Waals surface area contributed by atoms with E-state index < -0.39 is 0 Å². The molecule has 2 aliphatic rings.